The predicted octanol–water partition coefficient (Wildman–Crippen LogP) is 2.32. The third-order valence-corrected chi connectivity index (χ3v) is 3.05. The first-order chi connectivity index (χ1) is 9.83. The zero-order chi connectivity index (χ0) is 13.8. The number of hydrogen-bond acceptors (Lipinski definition) is 4. The second kappa shape index (κ2) is 5.61. The highest BCUT2D eigenvalue weighted by molar-refractivity contribution is 5.52. The molecule has 2 N–H and O–H groups in total. The number of nitrogens with two attached hydrogens (primary N) is 1. The van der Waals surface area contributed by atoms with E-state index in [1.807, 2.05) is 28.8 Å². The molecular weight excluding hydrogens is 252 g/mol. The van der Waals surface area contributed by atoms with E-state index in [9.17, 15) is 0 Å². The first-order valence-electron chi connectivity index (χ1n) is 6.59. The van der Waals surface area contributed by atoms with Crippen molar-refractivity contribution in [3.63, 3.8) is 0 Å². The Hall–Kier alpha value is -2.56. The van der Waals surface area contributed by atoms with Crippen molar-refractivity contribution in [1.29, 1.82) is 0 Å². The van der Waals surface area contributed by atoms with Crippen LogP contribution >= 0.6 is 0 Å². The van der Waals surface area contributed by atoms with E-state index in [0.29, 0.717) is 24.0 Å². The van der Waals surface area contributed by atoms with E-state index in [1.165, 1.54) is 5.56 Å². The number of aromatic nitrogens is 3. The lowest BCUT2D eigenvalue weighted by Crippen LogP contribution is -2.05. The summed E-state index contributed by atoms with van der Waals surface area (Å²) in [6.07, 6.45) is 7.15. The molecule has 0 unspecified atom stereocenters. The van der Waals surface area contributed by atoms with Gasteiger partial charge in [0.2, 0.25) is 5.65 Å². The third kappa shape index (κ3) is 2.71. The van der Waals surface area contributed by atoms with Gasteiger partial charge in [0.05, 0.1) is 12.8 Å². The van der Waals surface area contributed by atoms with E-state index < -0.39 is 0 Å². The van der Waals surface area contributed by atoms with Crippen LogP contribution in [0.5, 0.6) is 5.88 Å². The summed E-state index contributed by atoms with van der Waals surface area (Å²) in [5, 5.41) is 0. The second-order valence-electron chi connectivity index (χ2n) is 4.57. The van der Waals surface area contributed by atoms with Crippen molar-refractivity contribution < 1.29 is 4.74 Å². The Morgan fingerprint density at radius 1 is 1.20 bits per heavy atom. The van der Waals surface area contributed by atoms with Crippen LogP contribution in [0.15, 0.2) is 48.9 Å². The molecule has 102 valence electrons. The van der Waals surface area contributed by atoms with Gasteiger partial charge in [0.1, 0.15) is 5.82 Å². The molecule has 0 aliphatic rings. The van der Waals surface area contributed by atoms with Gasteiger partial charge in [-0.2, -0.15) is 4.98 Å². The van der Waals surface area contributed by atoms with E-state index in [-0.39, 0.29) is 0 Å². The minimum Gasteiger partial charge on any atom is -0.475 e. The van der Waals surface area contributed by atoms with Gasteiger partial charge >= 0.3 is 0 Å². The van der Waals surface area contributed by atoms with E-state index in [4.69, 9.17) is 10.5 Å². The smallest absolute Gasteiger partial charge is 0.260 e. The molecule has 0 fully saturated rings. The molecule has 0 saturated heterocycles. The highest BCUT2D eigenvalue weighted by atomic mass is 16.5. The van der Waals surface area contributed by atoms with Gasteiger partial charge in [-0.3, -0.25) is 4.40 Å². The van der Waals surface area contributed by atoms with Crippen LogP contribution in [0.3, 0.4) is 0 Å². The molecule has 0 saturated carbocycles. The fourth-order valence-corrected chi connectivity index (χ4v) is 2.11. The van der Waals surface area contributed by atoms with Crippen molar-refractivity contribution in [3.8, 4) is 5.88 Å². The van der Waals surface area contributed by atoms with Crippen molar-refractivity contribution in [3.05, 3.63) is 54.5 Å². The number of benzene rings is 1. The Labute approximate surface area is 117 Å². The molecule has 1 aromatic carbocycles. The van der Waals surface area contributed by atoms with E-state index in [2.05, 4.69) is 22.1 Å². The molecule has 0 aliphatic carbocycles. The molecule has 2 aromatic heterocycles. The largest absolute Gasteiger partial charge is 0.475 e. The zero-order valence-electron chi connectivity index (χ0n) is 11.1. The average molecular weight is 268 g/mol. The topological polar surface area (TPSA) is 65.4 Å². The third-order valence-electron chi connectivity index (χ3n) is 3.05. The molecule has 0 spiro atoms. The molecule has 2 heterocycles. The van der Waals surface area contributed by atoms with Crippen LogP contribution in [0.1, 0.15) is 12.0 Å². The lowest BCUT2D eigenvalue weighted by atomic mass is 10.1. The van der Waals surface area contributed by atoms with Gasteiger partial charge in [-0.15, -0.1) is 0 Å². The van der Waals surface area contributed by atoms with Gasteiger partial charge < -0.3 is 10.5 Å². The summed E-state index contributed by atoms with van der Waals surface area (Å²) in [5.41, 5.74) is 7.74. The number of fused-ring (bicyclic) bond motifs is 1. The molecule has 3 aromatic rings. The van der Waals surface area contributed by atoms with Gasteiger partial charge in [-0.1, -0.05) is 30.3 Å². The molecule has 0 amide bonds. The molecule has 0 atom stereocenters. The Bertz CT molecular complexity index is 693. The minimum absolute atomic E-state index is 0.425. The summed E-state index contributed by atoms with van der Waals surface area (Å²) in [6.45, 7) is 0.591. The van der Waals surface area contributed by atoms with Crippen LogP contribution in [-0.4, -0.2) is 21.0 Å². The number of nitrogens with zero attached hydrogens (tertiary/aromatic N) is 3. The standard InChI is InChI=1S/C15H16N4O/c16-13-11-19-9-8-17-14(19)15(18-13)20-10-4-7-12-5-2-1-3-6-12/h1-3,5-6,8-9,11H,4,7,10,16H2. The van der Waals surface area contributed by atoms with Crippen LogP contribution in [-0.2, 0) is 6.42 Å². The molecule has 0 aliphatic heterocycles. The van der Waals surface area contributed by atoms with Crippen LogP contribution < -0.4 is 10.5 Å². The normalized spacial score (nSPS) is 10.8. The van der Waals surface area contributed by atoms with E-state index in [0.717, 1.165) is 12.8 Å². The molecular formula is C15H16N4O. The quantitative estimate of drug-likeness (QED) is 0.721. The monoisotopic (exact) mass is 268 g/mol. The van der Waals surface area contributed by atoms with Crippen molar-refractivity contribution >= 4 is 11.5 Å². The lowest BCUT2D eigenvalue weighted by molar-refractivity contribution is 0.301. The van der Waals surface area contributed by atoms with Gasteiger partial charge in [-0.05, 0) is 18.4 Å². The van der Waals surface area contributed by atoms with E-state index >= 15 is 0 Å². The predicted molar refractivity (Wildman–Crippen MR) is 77.7 cm³/mol. The number of rotatable bonds is 5. The Morgan fingerprint density at radius 2 is 2.05 bits per heavy atom. The zero-order valence-corrected chi connectivity index (χ0v) is 11.1. The van der Waals surface area contributed by atoms with Gasteiger partial charge in [0, 0.05) is 12.4 Å². The van der Waals surface area contributed by atoms with Crippen LogP contribution in [0, 0.1) is 0 Å². The molecule has 0 bridgehead atoms. The Morgan fingerprint density at radius 3 is 2.90 bits per heavy atom. The maximum Gasteiger partial charge on any atom is 0.260 e. The van der Waals surface area contributed by atoms with Crippen molar-refractivity contribution in [2.75, 3.05) is 12.3 Å². The van der Waals surface area contributed by atoms with E-state index in [1.54, 1.807) is 12.4 Å². The molecule has 5 nitrogen and oxygen atoms in total. The van der Waals surface area contributed by atoms with Crippen molar-refractivity contribution in [2.24, 2.45) is 0 Å². The van der Waals surface area contributed by atoms with Crippen LogP contribution in [0.25, 0.3) is 5.65 Å². The molecule has 20 heavy (non-hydrogen) atoms. The van der Waals surface area contributed by atoms with Gasteiger partial charge in [-0.25, -0.2) is 4.98 Å². The van der Waals surface area contributed by atoms with Crippen molar-refractivity contribution in [1.82, 2.24) is 14.4 Å². The van der Waals surface area contributed by atoms with Crippen molar-refractivity contribution in [2.45, 2.75) is 12.8 Å². The highest BCUT2D eigenvalue weighted by Crippen LogP contribution is 2.17. The summed E-state index contributed by atoms with van der Waals surface area (Å²) in [6, 6.07) is 10.3. The van der Waals surface area contributed by atoms with Gasteiger partial charge in [0.25, 0.3) is 5.88 Å². The number of aryl methyl sites for hydroxylation is 1. The van der Waals surface area contributed by atoms with Crippen LogP contribution in [0.2, 0.25) is 0 Å². The molecule has 0 radical (unpaired) electrons. The number of anilines is 1. The number of hydrogen-bond donors (Lipinski definition) is 1. The fraction of sp³-hybridized carbons (Fsp3) is 0.200. The molecule has 5 heteroatoms. The Kier molecular flexibility index (Phi) is 3.50. The second-order valence-corrected chi connectivity index (χ2v) is 4.57. The first-order valence-corrected chi connectivity index (χ1v) is 6.59. The van der Waals surface area contributed by atoms with Gasteiger partial charge in [0.15, 0.2) is 0 Å². The summed E-state index contributed by atoms with van der Waals surface area (Å²) in [7, 11) is 0. The maximum atomic E-state index is 5.74. The lowest BCUT2D eigenvalue weighted by Gasteiger charge is -2.07. The average Bonchev–Trinajstić information content (AvgIpc) is 2.92. The number of imidazole rings is 1. The fourth-order valence-electron chi connectivity index (χ4n) is 2.11. The summed E-state index contributed by atoms with van der Waals surface area (Å²) >= 11 is 0. The first kappa shape index (κ1) is 12.5. The maximum absolute atomic E-state index is 5.74. The van der Waals surface area contributed by atoms with Crippen LogP contribution in [0.4, 0.5) is 5.82 Å². The summed E-state index contributed by atoms with van der Waals surface area (Å²) < 4.78 is 7.52. The SMILES string of the molecule is Nc1cn2ccnc2c(OCCCc2ccccc2)n1. The minimum atomic E-state index is 0.425. The Balaban J connectivity index is 1.61. The summed E-state index contributed by atoms with van der Waals surface area (Å²) in [5.74, 6) is 0.914. The molecule has 3 rings (SSSR count). The summed E-state index contributed by atoms with van der Waals surface area (Å²) in [4.78, 5) is 8.41. The number of ether oxygens (including phenoxy) is 1. The number of nitrogen functional groups attached to an aromatic ring is 1. The highest BCUT2D eigenvalue weighted by Gasteiger charge is 2.07.